The van der Waals surface area contributed by atoms with Crippen molar-refractivity contribution in [2.75, 3.05) is 24.9 Å². The van der Waals surface area contributed by atoms with Crippen molar-refractivity contribution < 1.29 is 18.7 Å². The average molecular weight is 382 g/mol. The third-order valence-corrected chi connectivity index (χ3v) is 3.82. The lowest BCUT2D eigenvalue weighted by Gasteiger charge is -2.12. The van der Waals surface area contributed by atoms with E-state index in [-0.39, 0.29) is 11.5 Å². The highest BCUT2D eigenvalue weighted by Crippen LogP contribution is 2.29. The smallest absolute Gasteiger partial charge is 0.274 e. The van der Waals surface area contributed by atoms with Crippen molar-refractivity contribution in [3.8, 4) is 11.5 Å². The maximum atomic E-state index is 13.4. The average Bonchev–Trinajstić information content (AvgIpc) is 2.67. The van der Waals surface area contributed by atoms with E-state index in [1.165, 1.54) is 32.4 Å². The zero-order valence-electron chi connectivity index (χ0n) is 15.6. The van der Waals surface area contributed by atoms with Gasteiger partial charge < -0.3 is 20.1 Å². The highest BCUT2D eigenvalue weighted by molar-refractivity contribution is 6.04. The Balaban J connectivity index is 1.85. The number of ether oxygens (including phenoxy) is 2. The van der Waals surface area contributed by atoms with Gasteiger partial charge in [-0.1, -0.05) is 6.07 Å². The fourth-order valence-electron chi connectivity index (χ4n) is 2.56. The minimum absolute atomic E-state index is 0.149. The standard InChI is InChI=1S/C20H19FN4O3/c1-12-22-17(11-19(23-12)24-14-6-4-5-13(21)9-14)20(26)25-16-10-15(27-2)7-8-18(16)28-3/h4-11H,1-3H3,(H,25,26)(H,22,23,24). The molecule has 2 N–H and O–H groups in total. The van der Waals surface area contributed by atoms with Gasteiger partial charge in [0.1, 0.15) is 34.7 Å². The molecule has 1 heterocycles. The number of benzene rings is 2. The van der Waals surface area contributed by atoms with Crippen LogP contribution in [0.25, 0.3) is 0 Å². The number of carbonyl (C=O) groups excluding carboxylic acids is 1. The summed E-state index contributed by atoms with van der Waals surface area (Å²) >= 11 is 0. The van der Waals surface area contributed by atoms with Gasteiger partial charge in [0.05, 0.1) is 19.9 Å². The van der Waals surface area contributed by atoms with Crippen LogP contribution < -0.4 is 20.1 Å². The Labute approximate surface area is 161 Å². The van der Waals surface area contributed by atoms with Crippen LogP contribution in [0.2, 0.25) is 0 Å². The van der Waals surface area contributed by atoms with Gasteiger partial charge in [-0.15, -0.1) is 0 Å². The molecule has 0 fully saturated rings. The molecule has 8 heteroatoms. The molecule has 0 spiro atoms. The van der Waals surface area contributed by atoms with Crippen molar-refractivity contribution in [2.45, 2.75) is 6.92 Å². The van der Waals surface area contributed by atoms with Crippen LogP contribution in [-0.4, -0.2) is 30.1 Å². The van der Waals surface area contributed by atoms with Crippen molar-refractivity contribution in [3.05, 3.63) is 65.9 Å². The Morgan fingerprint density at radius 3 is 2.57 bits per heavy atom. The van der Waals surface area contributed by atoms with Crippen LogP contribution in [0.5, 0.6) is 11.5 Å². The molecule has 0 atom stereocenters. The number of rotatable bonds is 6. The largest absolute Gasteiger partial charge is 0.497 e. The van der Waals surface area contributed by atoms with Crippen LogP contribution in [0.4, 0.5) is 21.6 Å². The first kappa shape index (κ1) is 19.1. The van der Waals surface area contributed by atoms with Crippen molar-refractivity contribution >= 4 is 23.1 Å². The van der Waals surface area contributed by atoms with Gasteiger partial charge in [-0.3, -0.25) is 4.79 Å². The summed E-state index contributed by atoms with van der Waals surface area (Å²) in [5, 5.41) is 5.73. The van der Waals surface area contributed by atoms with Gasteiger partial charge in [-0.05, 0) is 37.3 Å². The summed E-state index contributed by atoms with van der Waals surface area (Å²) in [6.45, 7) is 1.67. The molecule has 0 bridgehead atoms. The molecule has 0 radical (unpaired) electrons. The van der Waals surface area contributed by atoms with E-state index in [2.05, 4.69) is 20.6 Å². The minimum atomic E-state index is -0.445. The SMILES string of the molecule is COc1ccc(OC)c(NC(=O)c2cc(Nc3cccc(F)c3)nc(C)n2)c1. The van der Waals surface area contributed by atoms with Gasteiger partial charge in [0.15, 0.2) is 0 Å². The van der Waals surface area contributed by atoms with Crippen molar-refractivity contribution in [2.24, 2.45) is 0 Å². The van der Waals surface area contributed by atoms with E-state index in [0.29, 0.717) is 34.5 Å². The van der Waals surface area contributed by atoms with E-state index in [0.717, 1.165) is 0 Å². The van der Waals surface area contributed by atoms with Crippen LogP contribution in [0.1, 0.15) is 16.3 Å². The zero-order valence-corrected chi connectivity index (χ0v) is 15.6. The normalized spacial score (nSPS) is 10.3. The number of amides is 1. The third-order valence-electron chi connectivity index (χ3n) is 3.82. The van der Waals surface area contributed by atoms with E-state index in [1.54, 1.807) is 37.3 Å². The number of halogens is 1. The number of aryl methyl sites for hydroxylation is 1. The Kier molecular flexibility index (Phi) is 5.69. The van der Waals surface area contributed by atoms with Crippen molar-refractivity contribution in [1.29, 1.82) is 0 Å². The number of aromatic nitrogens is 2. The number of methoxy groups -OCH3 is 2. The lowest BCUT2D eigenvalue weighted by molar-refractivity contribution is 0.102. The maximum absolute atomic E-state index is 13.4. The molecule has 28 heavy (non-hydrogen) atoms. The van der Waals surface area contributed by atoms with Crippen LogP contribution in [0.15, 0.2) is 48.5 Å². The summed E-state index contributed by atoms with van der Waals surface area (Å²) in [6, 6.07) is 12.5. The van der Waals surface area contributed by atoms with Gasteiger partial charge >= 0.3 is 0 Å². The number of nitrogens with zero attached hydrogens (tertiary/aromatic N) is 2. The topological polar surface area (TPSA) is 85.4 Å². The minimum Gasteiger partial charge on any atom is -0.497 e. The lowest BCUT2D eigenvalue weighted by atomic mass is 10.2. The fraction of sp³-hybridized carbons (Fsp3) is 0.150. The summed E-state index contributed by atoms with van der Waals surface area (Å²) < 4.78 is 23.8. The number of nitrogens with one attached hydrogen (secondary N) is 2. The molecule has 7 nitrogen and oxygen atoms in total. The van der Waals surface area contributed by atoms with Gasteiger partial charge in [0.25, 0.3) is 5.91 Å². The van der Waals surface area contributed by atoms with E-state index in [9.17, 15) is 9.18 Å². The summed E-state index contributed by atoms with van der Waals surface area (Å²) in [6.07, 6.45) is 0. The first-order chi connectivity index (χ1) is 13.5. The van der Waals surface area contributed by atoms with Crippen LogP contribution >= 0.6 is 0 Å². The summed E-state index contributed by atoms with van der Waals surface area (Å²) in [7, 11) is 3.04. The molecule has 0 aliphatic carbocycles. The van der Waals surface area contributed by atoms with E-state index >= 15 is 0 Å². The maximum Gasteiger partial charge on any atom is 0.274 e. The highest BCUT2D eigenvalue weighted by Gasteiger charge is 2.14. The monoisotopic (exact) mass is 382 g/mol. The van der Waals surface area contributed by atoms with Gasteiger partial charge in [-0.2, -0.15) is 0 Å². The second kappa shape index (κ2) is 8.34. The predicted octanol–water partition coefficient (Wildman–Crippen LogP) is 3.94. The summed E-state index contributed by atoms with van der Waals surface area (Å²) in [5.74, 6) is 1.00. The third kappa shape index (κ3) is 4.53. The highest BCUT2D eigenvalue weighted by atomic mass is 19.1. The van der Waals surface area contributed by atoms with Gasteiger partial charge in [0, 0.05) is 17.8 Å². The summed E-state index contributed by atoms with van der Waals surface area (Å²) in [5.41, 5.74) is 1.11. The van der Waals surface area contributed by atoms with Gasteiger partial charge in [0.2, 0.25) is 0 Å². The molecule has 1 aromatic heterocycles. The van der Waals surface area contributed by atoms with Gasteiger partial charge in [-0.25, -0.2) is 14.4 Å². The van der Waals surface area contributed by atoms with Crippen molar-refractivity contribution in [3.63, 3.8) is 0 Å². The second-order valence-electron chi connectivity index (χ2n) is 5.84. The van der Waals surface area contributed by atoms with Crippen LogP contribution in [0, 0.1) is 12.7 Å². The quantitative estimate of drug-likeness (QED) is 0.672. The number of hydrogen-bond donors (Lipinski definition) is 2. The molecular formula is C20H19FN4O3. The summed E-state index contributed by atoms with van der Waals surface area (Å²) in [4.78, 5) is 21.1. The second-order valence-corrected chi connectivity index (χ2v) is 5.84. The van der Waals surface area contributed by atoms with E-state index < -0.39 is 5.91 Å². The molecule has 0 aliphatic rings. The molecule has 0 unspecified atom stereocenters. The molecule has 0 saturated heterocycles. The molecule has 2 aromatic carbocycles. The van der Waals surface area contributed by atoms with Crippen LogP contribution in [0.3, 0.4) is 0 Å². The van der Waals surface area contributed by atoms with Crippen molar-refractivity contribution in [1.82, 2.24) is 9.97 Å². The Morgan fingerprint density at radius 1 is 1.04 bits per heavy atom. The molecule has 0 aliphatic heterocycles. The fourth-order valence-corrected chi connectivity index (χ4v) is 2.56. The molecular weight excluding hydrogens is 363 g/mol. The first-order valence-corrected chi connectivity index (χ1v) is 8.40. The molecule has 3 rings (SSSR count). The Morgan fingerprint density at radius 2 is 1.86 bits per heavy atom. The molecule has 1 amide bonds. The molecule has 144 valence electrons. The number of hydrogen-bond acceptors (Lipinski definition) is 6. The predicted molar refractivity (Wildman–Crippen MR) is 104 cm³/mol. The molecule has 0 saturated carbocycles. The van der Waals surface area contributed by atoms with E-state index in [4.69, 9.17) is 9.47 Å². The molecule has 3 aromatic rings. The first-order valence-electron chi connectivity index (χ1n) is 8.40. The Hall–Kier alpha value is -3.68. The number of anilines is 3. The zero-order chi connectivity index (χ0) is 20.1. The Bertz CT molecular complexity index is 1010. The number of carbonyl (C=O) groups is 1. The van der Waals surface area contributed by atoms with Crippen LogP contribution in [-0.2, 0) is 0 Å². The van der Waals surface area contributed by atoms with E-state index in [1.807, 2.05) is 0 Å². The lowest BCUT2D eigenvalue weighted by Crippen LogP contribution is -2.16.